The van der Waals surface area contributed by atoms with Crippen LogP contribution in [0.25, 0.3) is 0 Å². The van der Waals surface area contributed by atoms with Crippen LogP contribution in [0, 0.1) is 17.5 Å². The van der Waals surface area contributed by atoms with Crippen molar-refractivity contribution in [3.05, 3.63) is 29.6 Å². The Kier molecular flexibility index (Phi) is 6.21. The molecule has 0 spiro atoms. The van der Waals surface area contributed by atoms with Gasteiger partial charge in [0.25, 0.3) is 0 Å². The third-order valence-electron chi connectivity index (χ3n) is 2.73. The van der Waals surface area contributed by atoms with E-state index in [4.69, 9.17) is 0 Å². The molecule has 0 aromatic heterocycles. The third-order valence-corrected chi connectivity index (χ3v) is 2.73. The number of urea groups is 1. The van der Waals surface area contributed by atoms with Gasteiger partial charge in [0.15, 0.2) is 17.5 Å². The van der Waals surface area contributed by atoms with Gasteiger partial charge in [0.1, 0.15) is 0 Å². The van der Waals surface area contributed by atoms with Crippen LogP contribution in [0.3, 0.4) is 0 Å². The van der Waals surface area contributed by atoms with Gasteiger partial charge in [0.2, 0.25) is 5.91 Å². The molecule has 1 rings (SSSR count). The number of rotatable bonds is 5. The zero-order valence-electron chi connectivity index (χ0n) is 12.5. The number of carbonyl (C=O) groups is 2. The number of nitrogens with one attached hydrogen (secondary N) is 2. The van der Waals surface area contributed by atoms with Gasteiger partial charge in [-0.3, -0.25) is 4.79 Å². The fourth-order valence-electron chi connectivity index (χ4n) is 1.77. The van der Waals surface area contributed by atoms with Crippen LogP contribution in [0.15, 0.2) is 12.1 Å². The highest BCUT2D eigenvalue weighted by molar-refractivity contribution is 5.91. The molecule has 2 N–H and O–H groups in total. The van der Waals surface area contributed by atoms with Gasteiger partial charge in [-0.05, 0) is 26.0 Å². The molecular weight excluding hydrogens is 299 g/mol. The summed E-state index contributed by atoms with van der Waals surface area (Å²) in [6.45, 7) is 4.66. The zero-order chi connectivity index (χ0) is 16.9. The van der Waals surface area contributed by atoms with Crippen molar-refractivity contribution in [2.75, 3.05) is 18.0 Å². The van der Waals surface area contributed by atoms with Crippen molar-refractivity contribution in [1.29, 1.82) is 0 Å². The average Bonchev–Trinajstić information content (AvgIpc) is 2.41. The number of hydrogen-bond donors (Lipinski definition) is 2. The van der Waals surface area contributed by atoms with Crippen molar-refractivity contribution >= 4 is 17.6 Å². The molecule has 0 aliphatic rings. The molecule has 8 heteroatoms. The summed E-state index contributed by atoms with van der Waals surface area (Å²) in [4.78, 5) is 23.9. The first kappa shape index (κ1) is 17.8. The Morgan fingerprint density at radius 2 is 1.82 bits per heavy atom. The molecule has 0 aliphatic carbocycles. The Bertz CT molecular complexity index is 565. The van der Waals surface area contributed by atoms with Crippen molar-refractivity contribution in [2.24, 2.45) is 0 Å². The molecule has 0 bridgehead atoms. The van der Waals surface area contributed by atoms with E-state index in [2.05, 4.69) is 10.6 Å². The molecule has 3 amide bonds. The molecule has 1 aromatic carbocycles. The molecule has 0 unspecified atom stereocenters. The lowest BCUT2D eigenvalue weighted by molar-refractivity contribution is -0.116. The van der Waals surface area contributed by atoms with Gasteiger partial charge in [0, 0.05) is 26.1 Å². The van der Waals surface area contributed by atoms with Crippen molar-refractivity contribution in [3.63, 3.8) is 0 Å². The van der Waals surface area contributed by atoms with Crippen molar-refractivity contribution in [3.8, 4) is 0 Å². The average molecular weight is 317 g/mol. The van der Waals surface area contributed by atoms with E-state index in [1.54, 1.807) is 13.8 Å². The highest BCUT2D eigenvalue weighted by atomic mass is 19.2. The zero-order valence-corrected chi connectivity index (χ0v) is 12.5. The first-order valence-corrected chi connectivity index (χ1v) is 6.70. The molecule has 22 heavy (non-hydrogen) atoms. The van der Waals surface area contributed by atoms with E-state index >= 15 is 0 Å². The van der Waals surface area contributed by atoms with Crippen LogP contribution in [0.5, 0.6) is 0 Å². The first-order valence-electron chi connectivity index (χ1n) is 6.70. The molecule has 0 fully saturated rings. The first-order chi connectivity index (χ1) is 10.2. The Balaban J connectivity index is 2.77. The van der Waals surface area contributed by atoms with Gasteiger partial charge in [-0.25, -0.2) is 18.0 Å². The summed E-state index contributed by atoms with van der Waals surface area (Å²) in [5.41, 5.74) is -0.377. The minimum atomic E-state index is -1.64. The fourth-order valence-corrected chi connectivity index (χ4v) is 1.77. The van der Waals surface area contributed by atoms with E-state index in [0.29, 0.717) is 0 Å². The molecule has 0 radical (unpaired) electrons. The summed E-state index contributed by atoms with van der Waals surface area (Å²) in [6.07, 6.45) is 0. The Labute approximate surface area is 126 Å². The summed E-state index contributed by atoms with van der Waals surface area (Å²) in [5, 5.41) is 5.06. The van der Waals surface area contributed by atoms with E-state index in [9.17, 15) is 22.8 Å². The summed E-state index contributed by atoms with van der Waals surface area (Å²) in [6, 6.07) is 1.21. The maximum absolute atomic E-state index is 13.7. The number of nitrogens with zero attached hydrogens (tertiary/aromatic N) is 1. The molecule has 0 heterocycles. The minimum absolute atomic E-state index is 0.0244. The van der Waals surface area contributed by atoms with E-state index in [1.165, 1.54) is 0 Å². The van der Waals surface area contributed by atoms with E-state index < -0.39 is 29.4 Å². The van der Waals surface area contributed by atoms with Crippen LogP contribution < -0.4 is 15.5 Å². The minimum Gasteiger partial charge on any atom is -0.336 e. The second kappa shape index (κ2) is 7.67. The summed E-state index contributed by atoms with van der Waals surface area (Å²) < 4.78 is 39.9. The Hall–Kier alpha value is -2.25. The number of anilines is 1. The van der Waals surface area contributed by atoms with Crippen LogP contribution in [-0.2, 0) is 4.79 Å². The number of hydrogen-bond acceptors (Lipinski definition) is 2. The molecular formula is C14H18F3N3O2. The lowest BCUT2D eigenvalue weighted by Crippen LogP contribution is -2.44. The second-order valence-electron chi connectivity index (χ2n) is 4.92. The quantitative estimate of drug-likeness (QED) is 0.818. The van der Waals surface area contributed by atoms with Crippen molar-refractivity contribution < 1.29 is 22.8 Å². The smallest absolute Gasteiger partial charge is 0.315 e. The van der Waals surface area contributed by atoms with Gasteiger partial charge in [-0.2, -0.15) is 0 Å². The predicted octanol–water partition coefficient (Wildman–Crippen LogP) is 2.16. The molecule has 122 valence electrons. The molecule has 0 saturated carbocycles. The number of amides is 3. The van der Waals surface area contributed by atoms with Gasteiger partial charge >= 0.3 is 6.03 Å². The highest BCUT2D eigenvalue weighted by Gasteiger charge is 2.20. The highest BCUT2D eigenvalue weighted by Crippen LogP contribution is 2.23. The normalized spacial score (nSPS) is 10.5. The van der Waals surface area contributed by atoms with Gasteiger partial charge < -0.3 is 15.5 Å². The Morgan fingerprint density at radius 1 is 1.18 bits per heavy atom. The van der Waals surface area contributed by atoms with Crippen LogP contribution in [-0.4, -0.2) is 31.1 Å². The van der Waals surface area contributed by atoms with E-state index in [0.717, 1.165) is 24.0 Å². The fraction of sp³-hybridized carbons (Fsp3) is 0.429. The summed E-state index contributed by atoms with van der Waals surface area (Å²) >= 11 is 0. The maximum atomic E-state index is 13.7. The maximum Gasteiger partial charge on any atom is 0.315 e. The largest absolute Gasteiger partial charge is 0.336 e. The van der Waals surface area contributed by atoms with Gasteiger partial charge in [0.05, 0.1) is 5.69 Å². The van der Waals surface area contributed by atoms with Crippen LogP contribution in [0.2, 0.25) is 0 Å². The van der Waals surface area contributed by atoms with E-state index in [-0.39, 0.29) is 24.8 Å². The topological polar surface area (TPSA) is 61.4 Å². The van der Waals surface area contributed by atoms with Crippen LogP contribution >= 0.6 is 0 Å². The standard InChI is InChI=1S/C14H18F3N3O2/c1-8(2)19-14(22)18-6-7-20(9(3)21)11-5-4-10(15)12(16)13(11)17/h4-5,8H,6-7H2,1-3H3,(H2,18,19,22). The molecule has 0 atom stereocenters. The van der Waals surface area contributed by atoms with Gasteiger partial charge in [-0.1, -0.05) is 0 Å². The monoisotopic (exact) mass is 317 g/mol. The van der Waals surface area contributed by atoms with Crippen molar-refractivity contribution in [2.45, 2.75) is 26.8 Å². The van der Waals surface area contributed by atoms with E-state index in [1.807, 2.05) is 0 Å². The number of halogens is 3. The molecule has 0 saturated heterocycles. The Morgan fingerprint density at radius 3 is 2.36 bits per heavy atom. The van der Waals surface area contributed by atoms with Gasteiger partial charge in [-0.15, -0.1) is 0 Å². The predicted molar refractivity (Wildman–Crippen MR) is 76.0 cm³/mol. The van der Waals surface area contributed by atoms with Crippen LogP contribution in [0.1, 0.15) is 20.8 Å². The second-order valence-corrected chi connectivity index (χ2v) is 4.92. The van der Waals surface area contributed by atoms with Crippen molar-refractivity contribution in [1.82, 2.24) is 10.6 Å². The third kappa shape index (κ3) is 4.64. The number of carbonyl (C=O) groups excluding carboxylic acids is 2. The number of benzene rings is 1. The molecule has 1 aromatic rings. The SMILES string of the molecule is CC(=O)N(CCNC(=O)NC(C)C)c1ccc(F)c(F)c1F. The lowest BCUT2D eigenvalue weighted by atomic mass is 10.2. The summed E-state index contributed by atoms with van der Waals surface area (Å²) in [5.74, 6) is -4.98. The summed E-state index contributed by atoms with van der Waals surface area (Å²) in [7, 11) is 0. The lowest BCUT2D eigenvalue weighted by Gasteiger charge is -2.22. The van der Waals surface area contributed by atoms with Crippen LogP contribution in [0.4, 0.5) is 23.7 Å². The molecule has 0 aliphatic heterocycles. The molecule has 5 nitrogen and oxygen atoms in total.